The van der Waals surface area contributed by atoms with Crippen molar-refractivity contribution >= 4 is 28.9 Å². The van der Waals surface area contributed by atoms with Gasteiger partial charge in [-0.15, -0.1) is 0 Å². The number of aryl methyl sites for hydroxylation is 1. The quantitative estimate of drug-likeness (QED) is 0.480. The van der Waals surface area contributed by atoms with Gasteiger partial charge in [0, 0.05) is 27.6 Å². The van der Waals surface area contributed by atoms with Gasteiger partial charge in [-0.1, -0.05) is 65.2 Å². The average molecular weight is 409 g/mol. The van der Waals surface area contributed by atoms with Gasteiger partial charge < -0.3 is 4.74 Å². The fourth-order valence-corrected chi connectivity index (χ4v) is 4.24. The highest BCUT2D eigenvalue weighted by atomic mass is 35.5. The third kappa shape index (κ3) is 3.05. The van der Waals surface area contributed by atoms with E-state index in [1.54, 1.807) is 0 Å². The maximum Gasteiger partial charge on any atom is 0.213 e. The minimum absolute atomic E-state index is 0.0720. The summed E-state index contributed by atoms with van der Waals surface area (Å²) in [7, 11) is 0. The zero-order chi connectivity index (χ0) is 19.3. The molecular weight excluding hydrogens is 391 g/mol. The summed E-state index contributed by atoms with van der Waals surface area (Å²) in [6, 6.07) is 22.1. The lowest BCUT2D eigenvalue weighted by Gasteiger charge is -2.38. The van der Waals surface area contributed by atoms with Crippen molar-refractivity contribution in [3.8, 4) is 5.75 Å². The SMILES string of the molecule is Cc1ccc(C2=NN3C(C2)c2cc(Cl)ccc2OC3c2cccc(Cl)c2)cc1. The van der Waals surface area contributed by atoms with E-state index in [1.165, 1.54) is 5.56 Å². The lowest BCUT2D eigenvalue weighted by atomic mass is 9.95. The Morgan fingerprint density at radius 1 is 0.964 bits per heavy atom. The molecule has 2 heterocycles. The van der Waals surface area contributed by atoms with E-state index in [4.69, 9.17) is 33.0 Å². The summed E-state index contributed by atoms with van der Waals surface area (Å²) >= 11 is 12.5. The molecule has 3 aromatic rings. The molecule has 0 spiro atoms. The Balaban J connectivity index is 1.61. The second-order valence-electron chi connectivity index (χ2n) is 7.22. The van der Waals surface area contributed by atoms with Gasteiger partial charge in [0.05, 0.1) is 11.8 Å². The number of benzene rings is 3. The van der Waals surface area contributed by atoms with Gasteiger partial charge in [0.2, 0.25) is 6.23 Å². The number of hydrogen-bond acceptors (Lipinski definition) is 3. The molecule has 0 aromatic heterocycles. The van der Waals surface area contributed by atoms with Gasteiger partial charge in [0.25, 0.3) is 0 Å². The van der Waals surface area contributed by atoms with Crippen LogP contribution in [0.1, 0.15) is 40.9 Å². The van der Waals surface area contributed by atoms with Gasteiger partial charge >= 0.3 is 0 Å². The first kappa shape index (κ1) is 17.6. The summed E-state index contributed by atoms with van der Waals surface area (Å²) in [6.45, 7) is 2.09. The van der Waals surface area contributed by atoms with Crippen LogP contribution >= 0.6 is 23.2 Å². The molecule has 2 aliphatic rings. The van der Waals surface area contributed by atoms with E-state index in [9.17, 15) is 0 Å². The van der Waals surface area contributed by atoms with E-state index in [-0.39, 0.29) is 12.3 Å². The Kier molecular flexibility index (Phi) is 4.30. The molecule has 0 fully saturated rings. The zero-order valence-corrected chi connectivity index (χ0v) is 16.8. The molecule has 0 aliphatic carbocycles. The number of ether oxygens (including phenoxy) is 1. The summed E-state index contributed by atoms with van der Waals surface area (Å²) in [6.07, 6.45) is 0.469. The third-order valence-electron chi connectivity index (χ3n) is 5.27. The predicted octanol–water partition coefficient (Wildman–Crippen LogP) is 6.54. The van der Waals surface area contributed by atoms with Crippen LogP contribution in [0.3, 0.4) is 0 Å². The fraction of sp³-hybridized carbons (Fsp3) is 0.174. The molecule has 140 valence electrons. The lowest BCUT2D eigenvalue weighted by Crippen LogP contribution is -2.33. The number of fused-ring (bicyclic) bond motifs is 3. The van der Waals surface area contributed by atoms with Crippen molar-refractivity contribution in [1.82, 2.24) is 5.01 Å². The minimum Gasteiger partial charge on any atom is -0.464 e. The summed E-state index contributed by atoms with van der Waals surface area (Å²) in [5.74, 6) is 0.844. The van der Waals surface area contributed by atoms with E-state index in [0.717, 1.165) is 34.6 Å². The van der Waals surface area contributed by atoms with Crippen molar-refractivity contribution in [3.05, 3.63) is 99.0 Å². The van der Waals surface area contributed by atoms with Gasteiger partial charge in [-0.3, -0.25) is 0 Å². The molecule has 2 aliphatic heterocycles. The number of hydrogen-bond donors (Lipinski definition) is 0. The number of nitrogens with zero attached hydrogens (tertiary/aromatic N) is 2. The third-order valence-corrected chi connectivity index (χ3v) is 5.74. The van der Waals surface area contributed by atoms with Crippen LogP contribution in [0.4, 0.5) is 0 Å². The van der Waals surface area contributed by atoms with Gasteiger partial charge in [-0.25, -0.2) is 5.01 Å². The molecular formula is C23H18Cl2N2O. The second kappa shape index (κ2) is 6.84. The fourth-order valence-electron chi connectivity index (χ4n) is 3.86. The van der Waals surface area contributed by atoms with Gasteiger partial charge in [0.15, 0.2) is 0 Å². The lowest BCUT2D eigenvalue weighted by molar-refractivity contribution is -0.0190. The van der Waals surface area contributed by atoms with Crippen LogP contribution in [-0.2, 0) is 0 Å². The molecule has 5 rings (SSSR count). The first-order valence-electron chi connectivity index (χ1n) is 9.23. The van der Waals surface area contributed by atoms with Crippen LogP contribution in [-0.4, -0.2) is 10.7 Å². The molecule has 0 bridgehead atoms. The Hall–Kier alpha value is -2.49. The first-order valence-corrected chi connectivity index (χ1v) is 9.98. The van der Waals surface area contributed by atoms with E-state index in [0.29, 0.717) is 10.0 Å². The van der Waals surface area contributed by atoms with Crippen LogP contribution < -0.4 is 4.74 Å². The van der Waals surface area contributed by atoms with Crippen LogP contribution in [0.25, 0.3) is 0 Å². The van der Waals surface area contributed by atoms with Gasteiger partial charge in [0.1, 0.15) is 5.75 Å². The first-order chi connectivity index (χ1) is 13.6. The van der Waals surface area contributed by atoms with E-state index in [2.05, 4.69) is 31.2 Å². The normalized spacial score (nSPS) is 20.2. The molecule has 0 amide bonds. The largest absolute Gasteiger partial charge is 0.464 e. The molecule has 0 saturated heterocycles. The number of hydrazone groups is 1. The standard InChI is InChI=1S/C23H18Cl2N2O/c1-14-5-7-15(8-6-14)20-13-21-19-12-18(25)9-10-22(19)28-23(27(21)26-20)16-3-2-4-17(24)11-16/h2-12,21,23H,13H2,1H3. The highest BCUT2D eigenvalue weighted by molar-refractivity contribution is 6.31. The minimum atomic E-state index is -0.333. The smallest absolute Gasteiger partial charge is 0.213 e. The molecule has 0 saturated carbocycles. The number of halogens is 2. The summed E-state index contributed by atoms with van der Waals surface area (Å²) in [4.78, 5) is 0. The van der Waals surface area contributed by atoms with Crippen molar-refractivity contribution < 1.29 is 4.74 Å². The molecule has 2 atom stereocenters. The van der Waals surface area contributed by atoms with Crippen LogP contribution in [0.5, 0.6) is 5.75 Å². The number of rotatable bonds is 2. The molecule has 2 unspecified atom stereocenters. The molecule has 5 heteroatoms. The molecule has 3 nitrogen and oxygen atoms in total. The summed E-state index contributed by atoms with van der Waals surface area (Å²) in [5, 5.41) is 8.39. The van der Waals surface area contributed by atoms with E-state index < -0.39 is 0 Å². The highest BCUT2D eigenvalue weighted by Crippen LogP contribution is 2.48. The summed E-state index contributed by atoms with van der Waals surface area (Å²) < 4.78 is 6.35. The van der Waals surface area contributed by atoms with Crippen molar-refractivity contribution in [3.63, 3.8) is 0 Å². The zero-order valence-electron chi connectivity index (χ0n) is 15.3. The molecule has 3 aromatic carbocycles. The topological polar surface area (TPSA) is 24.8 Å². The van der Waals surface area contributed by atoms with Crippen molar-refractivity contribution in [2.45, 2.75) is 25.6 Å². The highest BCUT2D eigenvalue weighted by Gasteiger charge is 2.41. The average Bonchev–Trinajstić information content (AvgIpc) is 3.14. The second-order valence-corrected chi connectivity index (χ2v) is 8.09. The van der Waals surface area contributed by atoms with Crippen LogP contribution in [0, 0.1) is 6.92 Å². The Morgan fingerprint density at radius 2 is 1.75 bits per heavy atom. The van der Waals surface area contributed by atoms with E-state index in [1.807, 2.05) is 47.5 Å². The Morgan fingerprint density at radius 3 is 2.54 bits per heavy atom. The van der Waals surface area contributed by atoms with E-state index >= 15 is 0 Å². The van der Waals surface area contributed by atoms with Crippen LogP contribution in [0.2, 0.25) is 10.0 Å². The van der Waals surface area contributed by atoms with Crippen molar-refractivity contribution in [1.29, 1.82) is 0 Å². The van der Waals surface area contributed by atoms with Gasteiger partial charge in [-0.2, -0.15) is 5.10 Å². The molecule has 28 heavy (non-hydrogen) atoms. The van der Waals surface area contributed by atoms with Crippen molar-refractivity contribution in [2.24, 2.45) is 5.10 Å². The maximum atomic E-state index is 6.35. The maximum absolute atomic E-state index is 6.35. The Labute approximate surface area is 174 Å². The monoisotopic (exact) mass is 408 g/mol. The Bertz CT molecular complexity index is 1080. The van der Waals surface area contributed by atoms with Crippen molar-refractivity contribution in [2.75, 3.05) is 0 Å². The van der Waals surface area contributed by atoms with Crippen LogP contribution in [0.15, 0.2) is 71.8 Å². The van der Waals surface area contributed by atoms with Gasteiger partial charge in [-0.05, 0) is 42.8 Å². The predicted molar refractivity (Wildman–Crippen MR) is 113 cm³/mol. The molecule has 0 radical (unpaired) electrons. The molecule has 0 N–H and O–H groups in total. The summed E-state index contributed by atoms with van der Waals surface area (Å²) in [5.41, 5.74) is 5.46.